The number of amides is 1. The molecule has 2 fully saturated rings. The van der Waals surface area contributed by atoms with Crippen LogP contribution in [0.15, 0.2) is 12.1 Å². The van der Waals surface area contributed by atoms with Crippen molar-refractivity contribution in [2.75, 3.05) is 81.0 Å². The fraction of sp³-hybridized carbons (Fsp3) is 0.733. The average molecular weight is 579 g/mol. The van der Waals surface area contributed by atoms with E-state index in [1.165, 1.54) is 0 Å². The number of carbonyl (C=O) groups is 2. The highest BCUT2D eigenvalue weighted by Gasteiger charge is 2.48. The second-order valence-corrected chi connectivity index (χ2v) is 12.3. The van der Waals surface area contributed by atoms with Gasteiger partial charge in [-0.05, 0) is 37.0 Å². The SMILES string of the molecule is CCCCN(CCC[N+](C)(C)C)C(=O)CN1C[C@H](c2cc(OC)c3c(c2)OCO3)[C@@H](C(=O)O)[C@@H]1CCC1OCCO1. The lowest BCUT2D eigenvalue weighted by molar-refractivity contribution is -0.870. The van der Waals surface area contributed by atoms with E-state index < -0.39 is 11.9 Å². The lowest BCUT2D eigenvalue weighted by Crippen LogP contribution is -2.45. The number of unbranched alkanes of at least 4 members (excludes halogenated alkanes) is 1. The van der Waals surface area contributed by atoms with Gasteiger partial charge in [0.15, 0.2) is 17.8 Å². The zero-order valence-electron chi connectivity index (χ0n) is 25.3. The Balaban J connectivity index is 1.58. The van der Waals surface area contributed by atoms with Crippen LogP contribution in [-0.4, -0.2) is 125 Å². The number of carboxylic acids is 1. The molecule has 2 saturated heterocycles. The van der Waals surface area contributed by atoms with Crippen molar-refractivity contribution in [3.05, 3.63) is 17.7 Å². The van der Waals surface area contributed by atoms with Crippen LogP contribution in [0.3, 0.4) is 0 Å². The largest absolute Gasteiger partial charge is 0.493 e. The Morgan fingerprint density at radius 3 is 2.49 bits per heavy atom. The molecule has 3 atom stereocenters. The third-order valence-electron chi connectivity index (χ3n) is 8.26. The summed E-state index contributed by atoms with van der Waals surface area (Å²) in [5, 5.41) is 10.5. The van der Waals surface area contributed by atoms with Gasteiger partial charge in [-0.2, -0.15) is 0 Å². The van der Waals surface area contributed by atoms with Crippen LogP contribution in [-0.2, 0) is 19.1 Å². The molecule has 0 aliphatic carbocycles. The predicted molar refractivity (Wildman–Crippen MR) is 152 cm³/mol. The molecule has 4 rings (SSSR count). The Bertz CT molecular complexity index is 1040. The molecular weight excluding hydrogens is 530 g/mol. The molecule has 3 aliphatic heterocycles. The molecule has 41 heavy (non-hydrogen) atoms. The first-order valence-corrected chi connectivity index (χ1v) is 14.9. The van der Waals surface area contributed by atoms with Crippen molar-refractivity contribution < 1.29 is 42.9 Å². The van der Waals surface area contributed by atoms with E-state index in [-0.39, 0.29) is 37.5 Å². The highest BCUT2D eigenvalue weighted by Crippen LogP contribution is 2.47. The normalized spacial score (nSPS) is 22.8. The molecule has 1 aromatic rings. The van der Waals surface area contributed by atoms with E-state index in [9.17, 15) is 14.7 Å². The van der Waals surface area contributed by atoms with Gasteiger partial charge in [-0.1, -0.05) is 13.3 Å². The summed E-state index contributed by atoms with van der Waals surface area (Å²) in [5.74, 6) is -0.332. The Kier molecular flexibility index (Phi) is 10.7. The van der Waals surface area contributed by atoms with Crippen LogP contribution in [0.2, 0.25) is 0 Å². The number of carbonyl (C=O) groups excluding carboxylic acids is 1. The number of carboxylic acid groups (broad SMARTS) is 1. The summed E-state index contributed by atoms with van der Waals surface area (Å²) in [4.78, 5) is 30.6. The lowest BCUT2D eigenvalue weighted by atomic mass is 9.83. The summed E-state index contributed by atoms with van der Waals surface area (Å²) >= 11 is 0. The first-order valence-electron chi connectivity index (χ1n) is 14.9. The fourth-order valence-electron chi connectivity index (χ4n) is 6.15. The number of fused-ring (bicyclic) bond motifs is 1. The van der Waals surface area contributed by atoms with Gasteiger partial charge in [0.25, 0.3) is 0 Å². The maximum absolute atomic E-state index is 13.8. The lowest BCUT2D eigenvalue weighted by Gasteiger charge is -2.31. The van der Waals surface area contributed by atoms with Crippen LogP contribution in [0.1, 0.15) is 50.5 Å². The van der Waals surface area contributed by atoms with E-state index in [0.717, 1.165) is 35.9 Å². The Morgan fingerprint density at radius 1 is 1.10 bits per heavy atom. The summed E-state index contributed by atoms with van der Waals surface area (Å²) < 4.78 is 28.9. The van der Waals surface area contributed by atoms with Gasteiger partial charge in [0.05, 0.1) is 60.5 Å². The van der Waals surface area contributed by atoms with Crippen molar-refractivity contribution in [2.45, 2.75) is 57.3 Å². The van der Waals surface area contributed by atoms with Crippen LogP contribution in [0, 0.1) is 5.92 Å². The zero-order chi connectivity index (χ0) is 29.6. The van der Waals surface area contributed by atoms with Crippen molar-refractivity contribution >= 4 is 11.9 Å². The number of nitrogens with zero attached hydrogens (tertiary/aromatic N) is 3. The first-order chi connectivity index (χ1) is 19.6. The molecule has 0 saturated carbocycles. The number of methoxy groups -OCH3 is 1. The number of hydrogen-bond donors (Lipinski definition) is 1. The minimum absolute atomic E-state index is 0.0475. The molecule has 0 aromatic heterocycles. The second kappa shape index (κ2) is 14.0. The molecule has 1 amide bonds. The standard InChI is InChI=1S/C30H47N3O8/c1-6-7-11-31(12-8-13-33(2,3)4)26(34)19-32-18-22(21-16-24(37-5)29-25(17-21)40-20-41-29)28(30(35)36)23(32)9-10-27-38-14-15-39-27/h16-17,22-23,27-28H,6-15,18-20H2,1-5H3/p+1/t22-,23+,28-/m1/s1. The third kappa shape index (κ3) is 8.03. The number of benzene rings is 1. The van der Waals surface area contributed by atoms with E-state index >= 15 is 0 Å². The number of aliphatic carboxylic acids is 1. The summed E-state index contributed by atoms with van der Waals surface area (Å²) in [7, 11) is 8.02. The zero-order valence-corrected chi connectivity index (χ0v) is 25.3. The van der Waals surface area contributed by atoms with Crippen molar-refractivity contribution in [1.29, 1.82) is 0 Å². The number of hydrogen-bond acceptors (Lipinski definition) is 8. The molecule has 3 aliphatic rings. The molecule has 1 N–H and O–H groups in total. The number of rotatable bonds is 15. The Hall–Kier alpha value is -2.60. The third-order valence-corrected chi connectivity index (χ3v) is 8.26. The van der Waals surface area contributed by atoms with Crippen molar-refractivity contribution in [3.63, 3.8) is 0 Å². The summed E-state index contributed by atoms with van der Waals surface area (Å²) in [5.41, 5.74) is 0.803. The molecule has 0 unspecified atom stereocenters. The maximum Gasteiger partial charge on any atom is 0.308 e. The molecule has 3 heterocycles. The Morgan fingerprint density at radius 2 is 1.83 bits per heavy atom. The van der Waals surface area contributed by atoms with Gasteiger partial charge in [0.1, 0.15) is 0 Å². The van der Waals surface area contributed by atoms with Crippen LogP contribution in [0.5, 0.6) is 17.2 Å². The van der Waals surface area contributed by atoms with E-state index in [0.29, 0.717) is 62.9 Å². The van der Waals surface area contributed by atoms with Gasteiger partial charge in [-0.25, -0.2) is 0 Å². The molecular formula is C30H48N3O8+. The van der Waals surface area contributed by atoms with E-state index in [1.807, 2.05) is 17.0 Å². The topological polar surface area (TPSA) is 107 Å². The predicted octanol–water partition coefficient (Wildman–Crippen LogP) is 2.77. The summed E-state index contributed by atoms with van der Waals surface area (Å²) in [6, 6.07) is 3.35. The van der Waals surface area contributed by atoms with Crippen LogP contribution < -0.4 is 14.2 Å². The molecule has 0 radical (unpaired) electrons. The molecule has 0 bridgehead atoms. The molecule has 0 spiro atoms. The highest BCUT2D eigenvalue weighted by atomic mass is 16.7. The van der Waals surface area contributed by atoms with Crippen molar-refractivity contribution in [2.24, 2.45) is 5.92 Å². The van der Waals surface area contributed by atoms with Crippen molar-refractivity contribution in [3.8, 4) is 17.2 Å². The summed E-state index contributed by atoms with van der Waals surface area (Å²) in [6.45, 7) is 6.28. The quantitative estimate of drug-likeness (QED) is 0.315. The van der Waals surface area contributed by atoms with Gasteiger partial charge >= 0.3 is 5.97 Å². The Labute approximate surface area is 243 Å². The van der Waals surface area contributed by atoms with Crippen LogP contribution in [0.4, 0.5) is 0 Å². The molecule has 1 aromatic carbocycles. The molecule has 230 valence electrons. The molecule has 11 nitrogen and oxygen atoms in total. The van der Waals surface area contributed by atoms with Crippen LogP contribution >= 0.6 is 0 Å². The van der Waals surface area contributed by atoms with E-state index in [2.05, 4.69) is 33.0 Å². The van der Waals surface area contributed by atoms with Gasteiger partial charge in [0, 0.05) is 38.0 Å². The minimum Gasteiger partial charge on any atom is -0.493 e. The average Bonchev–Trinajstić information content (AvgIpc) is 3.68. The second-order valence-electron chi connectivity index (χ2n) is 12.3. The van der Waals surface area contributed by atoms with Crippen molar-refractivity contribution in [1.82, 2.24) is 9.80 Å². The van der Waals surface area contributed by atoms with E-state index in [1.54, 1.807) is 7.11 Å². The highest BCUT2D eigenvalue weighted by molar-refractivity contribution is 5.79. The van der Waals surface area contributed by atoms with Crippen LogP contribution in [0.25, 0.3) is 0 Å². The van der Waals surface area contributed by atoms with Gasteiger partial charge in [-0.15, -0.1) is 0 Å². The number of likely N-dealkylation sites (tertiary alicyclic amines) is 1. The minimum atomic E-state index is -0.884. The van der Waals surface area contributed by atoms with Gasteiger partial charge in [0.2, 0.25) is 18.4 Å². The fourth-order valence-corrected chi connectivity index (χ4v) is 6.15. The monoisotopic (exact) mass is 578 g/mol. The maximum atomic E-state index is 13.8. The number of quaternary nitrogens is 1. The number of ether oxygens (including phenoxy) is 5. The smallest absolute Gasteiger partial charge is 0.308 e. The molecule has 11 heteroatoms. The first kappa shape index (κ1) is 31.3. The van der Waals surface area contributed by atoms with Gasteiger partial charge < -0.3 is 38.2 Å². The van der Waals surface area contributed by atoms with Gasteiger partial charge in [-0.3, -0.25) is 14.5 Å². The van der Waals surface area contributed by atoms with E-state index in [4.69, 9.17) is 23.7 Å². The summed E-state index contributed by atoms with van der Waals surface area (Å²) in [6.07, 6.45) is 3.62.